The van der Waals surface area contributed by atoms with E-state index in [1.54, 1.807) is 6.20 Å². The van der Waals surface area contributed by atoms with Gasteiger partial charge >= 0.3 is 0 Å². The van der Waals surface area contributed by atoms with Gasteiger partial charge in [0.25, 0.3) is 0 Å². The van der Waals surface area contributed by atoms with Gasteiger partial charge in [0.15, 0.2) is 0 Å². The van der Waals surface area contributed by atoms with Crippen molar-refractivity contribution in [2.45, 2.75) is 46.6 Å². The van der Waals surface area contributed by atoms with Crippen molar-refractivity contribution in [1.29, 1.82) is 0 Å². The Morgan fingerprint density at radius 3 is 2.74 bits per heavy atom. The Kier molecular flexibility index (Phi) is 4.14. The second-order valence-electron chi connectivity index (χ2n) is 4.83. The van der Waals surface area contributed by atoms with Crippen LogP contribution in [0.4, 0.5) is 5.82 Å². The molecule has 0 atom stereocenters. The van der Waals surface area contributed by atoms with Crippen molar-refractivity contribution in [2.75, 3.05) is 5.32 Å². The van der Waals surface area contributed by atoms with Gasteiger partial charge in [-0.05, 0) is 6.92 Å². The van der Waals surface area contributed by atoms with Gasteiger partial charge in [-0.15, -0.1) is 0 Å². The van der Waals surface area contributed by atoms with E-state index in [4.69, 9.17) is 4.42 Å². The van der Waals surface area contributed by atoms with Gasteiger partial charge in [-0.25, -0.2) is 15.0 Å². The molecule has 19 heavy (non-hydrogen) atoms. The summed E-state index contributed by atoms with van der Waals surface area (Å²) < 4.78 is 5.55. The zero-order chi connectivity index (χ0) is 13.8. The Labute approximate surface area is 113 Å². The van der Waals surface area contributed by atoms with E-state index < -0.39 is 0 Å². The molecule has 0 aromatic carbocycles. The predicted octanol–water partition coefficient (Wildman–Crippen LogP) is 3.07. The van der Waals surface area contributed by atoms with Gasteiger partial charge in [-0.3, -0.25) is 0 Å². The molecule has 2 aromatic heterocycles. The quantitative estimate of drug-likeness (QED) is 0.895. The lowest BCUT2D eigenvalue weighted by atomic mass is 10.2. The summed E-state index contributed by atoms with van der Waals surface area (Å²) in [5.41, 5.74) is 0.961. The van der Waals surface area contributed by atoms with E-state index in [1.807, 2.05) is 19.9 Å². The molecule has 0 amide bonds. The van der Waals surface area contributed by atoms with Crippen LogP contribution in [0.25, 0.3) is 0 Å². The molecule has 0 radical (unpaired) electrons. The van der Waals surface area contributed by atoms with Gasteiger partial charge in [0.05, 0.1) is 12.7 Å². The number of aryl methyl sites for hydroxylation is 2. The van der Waals surface area contributed by atoms with Crippen LogP contribution in [0.3, 0.4) is 0 Å². The summed E-state index contributed by atoms with van der Waals surface area (Å²) in [6.07, 6.45) is 2.62. The highest BCUT2D eigenvalue weighted by Crippen LogP contribution is 2.14. The summed E-state index contributed by atoms with van der Waals surface area (Å²) in [4.78, 5) is 13.1. The molecule has 0 aliphatic rings. The molecule has 102 valence electrons. The summed E-state index contributed by atoms with van der Waals surface area (Å²) >= 11 is 0. The monoisotopic (exact) mass is 260 g/mol. The number of aromatic nitrogens is 3. The Morgan fingerprint density at radius 2 is 2.11 bits per heavy atom. The molecule has 0 spiro atoms. The molecule has 1 N–H and O–H groups in total. The highest BCUT2D eigenvalue weighted by atomic mass is 16.4. The van der Waals surface area contributed by atoms with Crippen LogP contribution in [0.5, 0.6) is 0 Å². The molecule has 2 rings (SSSR count). The fraction of sp³-hybridized carbons (Fsp3) is 0.500. The van der Waals surface area contributed by atoms with Gasteiger partial charge in [0.1, 0.15) is 17.4 Å². The first-order valence-electron chi connectivity index (χ1n) is 6.61. The van der Waals surface area contributed by atoms with E-state index in [1.165, 1.54) is 0 Å². The van der Waals surface area contributed by atoms with E-state index in [-0.39, 0.29) is 0 Å². The van der Waals surface area contributed by atoms with Crippen molar-refractivity contribution in [1.82, 2.24) is 15.0 Å². The van der Waals surface area contributed by atoms with E-state index in [2.05, 4.69) is 34.1 Å². The lowest BCUT2D eigenvalue weighted by molar-refractivity contribution is 0.465. The Hall–Kier alpha value is -1.91. The van der Waals surface area contributed by atoms with Gasteiger partial charge < -0.3 is 9.73 Å². The summed E-state index contributed by atoms with van der Waals surface area (Å²) in [5.74, 6) is 3.56. The van der Waals surface area contributed by atoms with Crippen molar-refractivity contribution >= 4 is 5.82 Å². The standard InChI is InChI=1S/C14H20N4O/c1-5-11-7-16-13(19-11)8-15-12-6-10(4)17-14(18-12)9(2)3/h6-7,9H,5,8H2,1-4H3,(H,15,17,18). The fourth-order valence-electron chi connectivity index (χ4n) is 1.70. The number of anilines is 1. The van der Waals surface area contributed by atoms with Gasteiger partial charge in [0.2, 0.25) is 5.89 Å². The van der Waals surface area contributed by atoms with E-state index >= 15 is 0 Å². The minimum Gasteiger partial charge on any atom is -0.444 e. The van der Waals surface area contributed by atoms with Crippen LogP contribution >= 0.6 is 0 Å². The highest BCUT2D eigenvalue weighted by Gasteiger charge is 2.07. The molecule has 0 fully saturated rings. The number of oxazole rings is 1. The third kappa shape index (κ3) is 3.53. The lowest BCUT2D eigenvalue weighted by Crippen LogP contribution is -2.06. The number of nitrogens with one attached hydrogen (secondary N) is 1. The summed E-state index contributed by atoms with van der Waals surface area (Å²) in [6, 6.07) is 1.93. The summed E-state index contributed by atoms with van der Waals surface area (Å²) in [6.45, 7) is 8.72. The average molecular weight is 260 g/mol. The fourth-order valence-corrected chi connectivity index (χ4v) is 1.70. The molecule has 0 unspecified atom stereocenters. The molecule has 0 aliphatic carbocycles. The first-order chi connectivity index (χ1) is 9.08. The lowest BCUT2D eigenvalue weighted by Gasteiger charge is -2.09. The molecule has 0 saturated carbocycles. The second kappa shape index (κ2) is 5.82. The molecular weight excluding hydrogens is 240 g/mol. The van der Waals surface area contributed by atoms with Gasteiger partial charge in [-0.1, -0.05) is 20.8 Å². The number of nitrogens with zero attached hydrogens (tertiary/aromatic N) is 3. The maximum Gasteiger partial charge on any atom is 0.213 e. The Balaban J connectivity index is 2.06. The second-order valence-corrected chi connectivity index (χ2v) is 4.83. The first-order valence-corrected chi connectivity index (χ1v) is 6.61. The molecule has 2 heterocycles. The van der Waals surface area contributed by atoms with Crippen LogP contribution in [0.1, 0.15) is 49.9 Å². The average Bonchev–Trinajstić information content (AvgIpc) is 2.83. The molecule has 5 heteroatoms. The molecule has 2 aromatic rings. The smallest absolute Gasteiger partial charge is 0.213 e. The van der Waals surface area contributed by atoms with Crippen LogP contribution < -0.4 is 5.32 Å². The summed E-state index contributed by atoms with van der Waals surface area (Å²) in [5, 5.41) is 3.23. The summed E-state index contributed by atoms with van der Waals surface area (Å²) in [7, 11) is 0. The van der Waals surface area contributed by atoms with Gasteiger partial charge in [-0.2, -0.15) is 0 Å². The zero-order valence-corrected chi connectivity index (χ0v) is 11.9. The highest BCUT2D eigenvalue weighted by molar-refractivity contribution is 5.36. The molecule has 0 aliphatic heterocycles. The number of hydrogen-bond donors (Lipinski definition) is 1. The maximum absolute atomic E-state index is 5.55. The minimum atomic E-state index is 0.314. The number of hydrogen-bond acceptors (Lipinski definition) is 5. The van der Waals surface area contributed by atoms with E-state index in [9.17, 15) is 0 Å². The van der Waals surface area contributed by atoms with Crippen LogP contribution in [-0.4, -0.2) is 15.0 Å². The third-order valence-corrected chi connectivity index (χ3v) is 2.76. The Bertz CT molecular complexity index is 548. The van der Waals surface area contributed by atoms with Crippen molar-refractivity contribution in [3.63, 3.8) is 0 Å². The van der Waals surface area contributed by atoms with Crippen LogP contribution in [0.2, 0.25) is 0 Å². The van der Waals surface area contributed by atoms with E-state index in [0.29, 0.717) is 18.4 Å². The first kappa shape index (κ1) is 13.5. The molecule has 5 nitrogen and oxygen atoms in total. The largest absolute Gasteiger partial charge is 0.444 e. The normalized spacial score (nSPS) is 11.0. The van der Waals surface area contributed by atoms with Crippen LogP contribution in [0, 0.1) is 6.92 Å². The maximum atomic E-state index is 5.55. The third-order valence-electron chi connectivity index (χ3n) is 2.76. The van der Waals surface area contributed by atoms with Crippen molar-refractivity contribution in [3.05, 3.63) is 35.4 Å². The van der Waals surface area contributed by atoms with Crippen molar-refractivity contribution < 1.29 is 4.42 Å². The van der Waals surface area contributed by atoms with Crippen LogP contribution in [0.15, 0.2) is 16.7 Å². The molecule has 0 saturated heterocycles. The van der Waals surface area contributed by atoms with Gasteiger partial charge in [0, 0.05) is 24.1 Å². The number of rotatable bonds is 5. The van der Waals surface area contributed by atoms with Crippen LogP contribution in [-0.2, 0) is 13.0 Å². The molecular formula is C14H20N4O. The SMILES string of the molecule is CCc1cnc(CNc2cc(C)nc(C(C)C)n2)o1. The van der Waals surface area contributed by atoms with Crippen molar-refractivity contribution in [3.8, 4) is 0 Å². The zero-order valence-electron chi connectivity index (χ0n) is 11.9. The minimum absolute atomic E-state index is 0.314. The van der Waals surface area contributed by atoms with E-state index in [0.717, 1.165) is 29.5 Å². The Morgan fingerprint density at radius 1 is 1.32 bits per heavy atom. The topological polar surface area (TPSA) is 63.8 Å². The molecule has 0 bridgehead atoms. The van der Waals surface area contributed by atoms with Crippen molar-refractivity contribution in [2.24, 2.45) is 0 Å². The predicted molar refractivity (Wildman–Crippen MR) is 74.1 cm³/mol.